The number of nitrogens with one attached hydrogen (secondary N) is 1. The van der Waals surface area contributed by atoms with Crippen molar-refractivity contribution in [2.45, 2.75) is 27.2 Å². The minimum absolute atomic E-state index is 0.0334. The van der Waals surface area contributed by atoms with Crippen molar-refractivity contribution in [2.24, 2.45) is 0 Å². The summed E-state index contributed by atoms with van der Waals surface area (Å²) in [6.45, 7) is 6.02. The van der Waals surface area contributed by atoms with Crippen LogP contribution in [-0.2, 0) is 14.3 Å². The number of aryl methyl sites for hydroxylation is 1. The fourth-order valence-corrected chi connectivity index (χ4v) is 2.66. The molecule has 0 aliphatic heterocycles. The number of hydrogen-bond acceptors (Lipinski definition) is 7. The van der Waals surface area contributed by atoms with Crippen molar-refractivity contribution in [3.63, 3.8) is 0 Å². The molecule has 2 aromatic carbocycles. The molecule has 1 amide bonds. The fourth-order valence-electron chi connectivity index (χ4n) is 2.66. The third-order valence-electron chi connectivity index (χ3n) is 4.11. The number of ether oxygens (including phenoxy) is 3. The number of carbonyl (C=O) groups excluding carboxylic acids is 2. The van der Waals surface area contributed by atoms with Crippen LogP contribution in [0.15, 0.2) is 42.5 Å². The molecule has 0 fully saturated rings. The van der Waals surface area contributed by atoms with Crippen LogP contribution in [0.5, 0.6) is 11.5 Å². The lowest BCUT2D eigenvalue weighted by Gasteiger charge is -2.12. The van der Waals surface area contributed by atoms with Crippen LogP contribution in [0, 0.1) is 17.0 Å². The van der Waals surface area contributed by atoms with Crippen LogP contribution < -0.4 is 14.8 Å². The Morgan fingerprint density at radius 3 is 2.56 bits per heavy atom. The average Bonchev–Trinajstić information content (AvgIpc) is 2.77. The molecule has 0 aliphatic rings. The Morgan fingerprint density at radius 1 is 1.09 bits per heavy atom. The molecule has 170 valence electrons. The van der Waals surface area contributed by atoms with E-state index in [2.05, 4.69) is 5.32 Å². The smallest absolute Gasteiger partial charge is 0.331 e. The van der Waals surface area contributed by atoms with Gasteiger partial charge in [0.15, 0.2) is 18.1 Å². The monoisotopic (exact) mass is 442 g/mol. The van der Waals surface area contributed by atoms with E-state index in [1.165, 1.54) is 24.3 Å². The summed E-state index contributed by atoms with van der Waals surface area (Å²) >= 11 is 0. The van der Waals surface area contributed by atoms with Gasteiger partial charge in [-0.05, 0) is 55.7 Å². The minimum atomic E-state index is -0.733. The Hall–Kier alpha value is -3.88. The summed E-state index contributed by atoms with van der Waals surface area (Å²) in [6, 6.07) is 9.67. The van der Waals surface area contributed by atoms with Crippen molar-refractivity contribution >= 4 is 29.3 Å². The maximum Gasteiger partial charge on any atom is 0.331 e. The largest absolute Gasteiger partial charge is 0.490 e. The van der Waals surface area contributed by atoms with Gasteiger partial charge in [-0.3, -0.25) is 14.9 Å². The van der Waals surface area contributed by atoms with Gasteiger partial charge in [0.1, 0.15) is 5.69 Å². The van der Waals surface area contributed by atoms with Crippen molar-refractivity contribution in [3.8, 4) is 11.5 Å². The summed E-state index contributed by atoms with van der Waals surface area (Å²) in [5.74, 6) is -0.233. The first kappa shape index (κ1) is 24.4. The quantitative estimate of drug-likeness (QED) is 0.239. The zero-order valence-corrected chi connectivity index (χ0v) is 18.3. The van der Waals surface area contributed by atoms with Crippen LogP contribution in [0.3, 0.4) is 0 Å². The van der Waals surface area contributed by atoms with Crippen LogP contribution in [-0.4, -0.2) is 36.6 Å². The zero-order valence-electron chi connectivity index (χ0n) is 18.3. The van der Waals surface area contributed by atoms with Gasteiger partial charge < -0.3 is 19.5 Å². The molecule has 0 unspecified atom stereocenters. The average molecular weight is 442 g/mol. The van der Waals surface area contributed by atoms with Gasteiger partial charge in [-0.1, -0.05) is 19.1 Å². The molecule has 32 heavy (non-hydrogen) atoms. The molecular weight excluding hydrogens is 416 g/mol. The maximum absolute atomic E-state index is 12.0. The van der Waals surface area contributed by atoms with Gasteiger partial charge >= 0.3 is 5.97 Å². The number of nitrogens with zero attached hydrogens (tertiary/aromatic N) is 1. The number of hydrogen-bond donors (Lipinski definition) is 1. The summed E-state index contributed by atoms with van der Waals surface area (Å²) < 4.78 is 16.1. The first-order valence-electron chi connectivity index (χ1n) is 10.1. The number of anilines is 1. The van der Waals surface area contributed by atoms with Gasteiger partial charge in [-0.15, -0.1) is 0 Å². The van der Waals surface area contributed by atoms with E-state index < -0.39 is 23.4 Å². The predicted octanol–water partition coefficient (Wildman–Crippen LogP) is 4.29. The SMILES string of the molecule is CCCOc1ccc(/C=C/C(=O)OCC(=O)Nc2ccc(C)cc2[N+](=O)[O-])cc1OCC. The number of carbonyl (C=O) groups is 2. The third-order valence-corrected chi connectivity index (χ3v) is 4.11. The lowest BCUT2D eigenvalue weighted by Crippen LogP contribution is -2.20. The first-order valence-corrected chi connectivity index (χ1v) is 10.1. The highest BCUT2D eigenvalue weighted by atomic mass is 16.6. The Labute approximate surface area is 186 Å². The molecule has 0 saturated heterocycles. The first-order chi connectivity index (χ1) is 15.3. The Bertz CT molecular complexity index is 1000. The molecule has 2 aromatic rings. The second-order valence-corrected chi connectivity index (χ2v) is 6.75. The van der Waals surface area contributed by atoms with E-state index in [4.69, 9.17) is 14.2 Å². The van der Waals surface area contributed by atoms with E-state index in [9.17, 15) is 19.7 Å². The summed E-state index contributed by atoms with van der Waals surface area (Å²) in [6.07, 6.45) is 3.57. The molecular formula is C23H26N2O7. The van der Waals surface area contributed by atoms with E-state index in [-0.39, 0.29) is 11.4 Å². The second-order valence-electron chi connectivity index (χ2n) is 6.75. The summed E-state index contributed by atoms with van der Waals surface area (Å²) in [4.78, 5) is 34.5. The fraction of sp³-hybridized carbons (Fsp3) is 0.304. The maximum atomic E-state index is 12.0. The molecule has 0 radical (unpaired) electrons. The molecule has 0 bridgehead atoms. The van der Waals surface area contributed by atoms with Crippen LogP contribution >= 0.6 is 0 Å². The van der Waals surface area contributed by atoms with Crippen molar-refractivity contribution in [1.29, 1.82) is 0 Å². The van der Waals surface area contributed by atoms with Crippen LogP contribution in [0.2, 0.25) is 0 Å². The normalized spacial score (nSPS) is 10.6. The molecule has 9 heteroatoms. The van der Waals surface area contributed by atoms with Crippen LogP contribution in [0.4, 0.5) is 11.4 Å². The van der Waals surface area contributed by atoms with E-state index in [1.54, 1.807) is 31.2 Å². The lowest BCUT2D eigenvalue weighted by atomic mass is 10.2. The molecule has 0 spiro atoms. The van der Waals surface area contributed by atoms with Crippen molar-refractivity contribution in [1.82, 2.24) is 0 Å². The van der Waals surface area contributed by atoms with Gasteiger partial charge in [-0.2, -0.15) is 0 Å². The molecule has 0 aliphatic carbocycles. The Kier molecular flexibility index (Phi) is 9.22. The summed E-state index contributed by atoms with van der Waals surface area (Å²) in [5.41, 5.74) is 1.17. The van der Waals surface area contributed by atoms with Gasteiger partial charge in [0, 0.05) is 12.1 Å². The van der Waals surface area contributed by atoms with Gasteiger partial charge in [0.2, 0.25) is 0 Å². The van der Waals surface area contributed by atoms with E-state index in [0.717, 1.165) is 6.42 Å². The van der Waals surface area contributed by atoms with E-state index >= 15 is 0 Å². The van der Waals surface area contributed by atoms with E-state index in [1.807, 2.05) is 13.8 Å². The molecule has 2 rings (SSSR count). The number of nitro groups is 1. The third kappa shape index (κ3) is 7.42. The van der Waals surface area contributed by atoms with Crippen molar-refractivity contribution in [2.75, 3.05) is 25.1 Å². The number of benzene rings is 2. The highest BCUT2D eigenvalue weighted by Crippen LogP contribution is 2.29. The van der Waals surface area contributed by atoms with Crippen molar-refractivity contribution < 1.29 is 28.7 Å². The summed E-state index contributed by atoms with van der Waals surface area (Å²) in [5, 5.41) is 13.5. The molecule has 1 N–H and O–H groups in total. The number of amides is 1. The molecule has 0 saturated carbocycles. The molecule has 9 nitrogen and oxygen atoms in total. The van der Waals surface area contributed by atoms with Crippen LogP contribution in [0.1, 0.15) is 31.4 Å². The summed E-state index contributed by atoms with van der Waals surface area (Å²) in [7, 11) is 0. The number of nitro benzene ring substituents is 1. The van der Waals surface area contributed by atoms with Crippen LogP contribution in [0.25, 0.3) is 6.08 Å². The second kappa shape index (κ2) is 12.1. The topological polar surface area (TPSA) is 117 Å². The van der Waals surface area contributed by atoms with Gasteiger partial charge in [0.25, 0.3) is 11.6 Å². The molecule has 0 aromatic heterocycles. The standard InChI is InChI=1S/C23H26N2O7/c1-4-12-31-20-10-7-17(14-21(20)30-5-2)8-11-23(27)32-15-22(26)24-18-9-6-16(3)13-19(18)25(28)29/h6-11,13-14H,4-5,12,15H2,1-3H3,(H,24,26)/b11-8+. The van der Waals surface area contributed by atoms with Gasteiger partial charge in [-0.25, -0.2) is 4.79 Å². The van der Waals surface area contributed by atoms with E-state index in [0.29, 0.717) is 35.8 Å². The lowest BCUT2D eigenvalue weighted by molar-refractivity contribution is -0.384. The highest BCUT2D eigenvalue weighted by molar-refractivity contribution is 5.96. The van der Waals surface area contributed by atoms with Crippen molar-refractivity contribution in [3.05, 3.63) is 63.7 Å². The number of rotatable bonds is 11. The highest BCUT2D eigenvalue weighted by Gasteiger charge is 2.16. The predicted molar refractivity (Wildman–Crippen MR) is 120 cm³/mol. The Morgan fingerprint density at radius 2 is 1.88 bits per heavy atom. The zero-order chi connectivity index (χ0) is 23.5. The Balaban J connectivity index is 1.94. The van der Waals surface area contributed by atoms with Gasteiger partial charge in [0.05, 0.1) is 18.1 Å². The number of esters is 1. The molecule has 0 heterocycles. The molecule has 0 atom stereocenters. The minimum Gasteiger partial charge on any atom is -0.490 e.